The number of allylic oxidation sites excluding steroid dienone is 2. The molecule has 0 aromatic carbocycles. The van der Waals surface area contributed by atoms with Gasteiger partial charge in [0.25, 0.3) is 0 Å². The zero-order valence-electron chi connectivity index (χ0n) is 9.91. The van der Waals surface area contributed by atoms with E-state index in [2.05, 4.69) is 6.58 Å². The topological polar surface area (TPSA) is 74.7 Å². The molecule has 1 fully saturated rings. The number of amides is 2. The molecule has 0 aromatic rings. The molecule has 1 saturated heterocycles. The van der Waals surface area contributed by atoms with Gasteiger partial charge in [0, 0.05) is 0 Å². The summed E-state index contributed by atoms with van der Waals surface area (Å²) in [4.78, 5) is 36.4. The molecular formula is C13H15NO4. The van der Waals surface area contributed by atoms with Crippen molar-refractivity contribution >= 4 is 17.8 Å². The van der Waals surface area contributed by atoms with E-state index >= 15 is 0 Å². The summed E-state index contributed by atoms with van der Waals surface area (Å²) in [5, 5.41) is 9.12. The quantitative estimate of drug-likeness (QED) is 0.595. The molecule has 1 heterocycles. The highest BCUT2D eigenvalue weighted by Crippen LogP contribution is 2.36. The van der Waals surface area contributed by atoms with Crippen LogP contribution in [-0.4, -0.2) is 33.8 Å². The zero-order valence-corrected chi connectivity index (χ0v) is 9.91. The van der Waals surface area contributed by atoms with Crippen LogP contribution in [-0.2, 0) is 14.4 Å². The third-order valence-electron chi connectivity index (χ3n) is 3.53. The molecule has 0 radical (unpaired) electrons. The average Bonchev–Trinajstić information content (AvgIpc) is 2.60. The van der Waals surface area contributed by atoms with E-state index < -0.39 is 12.0 Å². The maximum Gasteiger partial charge on any atom is 0.327 e. The lowest BCUT2D eigenvalue weighted by Crippen LogP contribution is -2.45. The molecule has 96 valence electrons. The van der Waals surface area contributed by atoms with Gasteiger partial charge in [-0.15, -0.1) is 6.58 Å². The van der Waals surface area contributed by atoms with Gasteiger partial charge in [-0.1, -0.05) is 18.2 Å². The third kappa shape index (κ3) is 1.85. The van der Waals surface area contributed by atoms with Gasteiger partial charge < -0.3 is 5.11 Å². The van der Waals surface area contributed by atoms with Crippen molar-refractivity contribution in [1.82, 2.24) is 4.90 Å². The summed E-state index contributed by atoms with van der Waals surface area (Å²) >= 11 is 0. The van der Waals surface area contributed by atoms with Crippen LogP contribution in [0.1, 0.15) is 19.3 Å². The Morgan fingerprint density at radius 1 is 1.39 bits per heavy atom. The van der Waals surface area contributed by atoms with Gasteiger partial charge in [0.2, 0.25) is 11.8 Å². The zero-order chi connectivity index (χ0) is 13.3. The van der Waals surface area contributed by atoms with E-state index in [-0.39, 0.29) is 30.1 Å². The van der Waals surface area contributed by atoms with Gasteiger partial charge >= 0.3 is 5.97 Å². The Kier molecular flexibility index (Phi) is 3.32. The lowest BCUT2D eigenvalue weighted by molar-refractivity contribution is -0.154. The Balaban J connectivity index is 2.28. The van der Waals surface area contributed by atoms with Gasteiger partial charge in [-0.3, -0.25) is 14.5 Å². The van der Waals surface area contributed by atoms with E-state index in [0.29, 0.717) is 12.8 Å². The van der Waals surface area contributed by atoms with Crippen molar-refractivity contribution in [3.63, 3.8) is 0 Å². The van der Waals surface area contributed by atoms with Gasteiger partial charge in [0.05, 0.1) is 11.8 Å². The molecule has 0 bridgehead atoms. The van der Waals surface area contributed by atoms with E-state index in [4.69, 9.17) is 5.11 Å². The number of rotatable bonds is 4. The molecule has 1 aliphatic heterocycles. The van der Waals surface area contributed by atoms with Crippen molar-refractivity contribution in [1.29, 1.82) is 0 Å². The van der Waals surface area contributed by atoms with E-state index in [1.165, 1.54) is 6.08 Å². The minimum absolute atomic E-state index is 0.0830. The van der Waals surface area contributed by atoms with Crippen LogP contribution < -0.4 is 0 Å². The average molecular weight is 249 g/mol. The standard InChI is InChI=1S/C13H15NO4/c1-2-5-10(13(17)18)14-11(15)8-6-3-4-7-9(8)12(14)16/h2-4,8-10H,1,5-7H2,(H,17,18)/t8-,9+,10?. The summed E-state index contributed by atoms with van der Waals surface area (Å²) in [5.41, 5.74) is 0. The van der Waals surface area contributed by atoms with Gasteiger partial charge in [0.1, 0.15) is 6.04 Å². The Morgan fingerprint density at radius 3 is 2.28 bits per heavy atom. The number of fused-ring (bicyclic) bond motifs is 1. The van der Waals surface area contributed by atoms with Crippen molar-refractivity contribution in [2.45, 2.75) is 25.3 Å². The number of carboxylic acid groups (broad SMARTS) is 1. The maximum atomic E-state index is 12.1. The van der Waals surface area contributed by atoms with Gasteiger partial charge in [-0.25, -0.2) is 4.79 Å². The van der Waals surface area contributed by atoms with E-state index in [1.807, 2.05) is 12.2 Å². The first-order chi connectivity index (χ1) is 8.57. The fraction of sp³-hybridized carbons (Fsp3) is 0.462. The molecule has 0 saturated carbocycles. The first kappa shape index (κ1) is 12.5. The Morgan fingerprint density at radius 2 is 1.89 bits per heavy atom. The molecule has 2 amide bonds. The molecule has 3 atom stereocenters. The second-order valence-electron chi connectivity index (χ2n) is 4.58. The molecular weight excluding hydrogens is 234 g/mol. The largest absolute Gasteiger partial charge is 0.480 e. The number of likely N-dealkylation sites (tertiary alicyclic amines) is 1. The number of hydrogen-bond acceptors (Lipinski definition) is 3. The Labute approximate surface area is 105 Å². The van der Waals surface area contributed by atoms with Gasteiger partial charge in [-0.05, 0) is 19.3 Å². The maximum absolute atomic E-state index is 12.1. The van der Waals surface area contributed by atoms with Crippen molar-refractivity contribution in [3.05, 3.63) is 24.8 Å². The van der Waals surface area contributed by atoms with Crippen LogP contribution in [0, 0.1) is 11.8 Å². The summed E-state index contributed by atoms with van der Waals surface area (Å²) in [6, 6.07) is -1.12. The summed E-state index contributed by atoms with van der Waals surface area (Å²) in [5.74, 6) is -2.64. The third-order valence-corrected chi connectivity index (χ3v) is 3.53. The fourth-order valence-corrected chi connectivity index (χ4v) is 2.61. The van der Waals surface area contributed by atoms with Gasteiger partial charge in [-0.2, -0.15) is 0 Å². The molecule has 5 nitrogen and oxygen atoms in total. The van der Waals surface area contributed by atoms with E-state index in [1.54, 1.807) is 0 Å². The number of imide groups is 1. The van der Waals surface area contributed by atoms with Crippen LogP contribution >= 0.6 is 0 Å². The Hall–Kier alpha value is -1.91. The predicted octanol–water partition coefficient (Wildman–Crippen LogP) is 0.967. The number of hydrogen-bond donors (Lipinski definition) is 1. The number of carbonyl (C=O) groups is 3. The predicted molar refractivity (Wildman–Crippen MR) is 63.4 cm³/mol. The van der Waals surface area contributed by atoms with Crippen LogP contribution in [0.15, 0.2) is 24.8 Å². The lowest BCUT2D eigenvalue weighted by Gasteiger charge is -2.21. The summed E-state index contributed by atoms with van der Waals surface area (Å²) in [6.07, 6.45) is 6.29. The van der Waals surface area contributed by atoms with Crippen LogP contribution in [0.3, 0.4) is 0 Å². The smallest absolute Gasteiger partial charge is 0.327 e. The van der Waals surface area contributed by atoms with Gasteiger partial charge in [0.15, 0.2) is 0 Å². The van der Waals surface area contributed by atoms with Crippen molar-refractivity contribution in [2.75, 3.05) is 0 Å². The lowest BCUT2D eigenvalue weighted by atomic mass is 9.85. The number of aliphatic carboxylic acids is 1. The highest BCUT2D eigenvalue weighted by molar-refractivity contribution is 6.08. The van der Waals surface area contributed by atoms with E-state index in [0.717, 1.165) is 4.90 Å². The van der Waals surface area contributed by atoms with Crippen molar-refractivity contribution in [3.8, 4) is 0 Å². The van der Waals surface area contributed by atoms with Crippen LogP contribution in [0.2, 0.25) is 0 Å². The first-order valence-corrected chi connectivity index (χ1v) is 5.93. The highest BCUT2D eigenvalue weighted by Gasteiger charge is 2.50. The fourth-order valence-electron chi connectivity index (χ4n) is 2.61. The summed E-state index contributed by atoms with van der Waals surface area (Å²) < 4.78 is 0. The molecule has 0 aromatic heterocycles. The monoisotopic (exact) mass is 249 g/mol. The second kappa shape index (κ2) is 4.76. The first-order valence-electron chi connectivity index (χ1n) is 5.93. The van der Waals surface area contributed by atoms with Crippen LogP contribution in [0.4, 0.5) is 0 Å². The second-order valence-corrected chi connectivity index (χ2v) is 4.58. The molecule has 5 heteroatoms. The molecule has 1 aliphatic carbocycles. The molecule has 1 unspecified atom stereocenters. The van der Waals surface area contributed by atoms with Crippen LogP contribution in [0.5, 0.6) is 0 Å². The number of carboxylic acids is 1. The molecule has 0 spiro atoms. The number of nitrogens with zero attached hydrogens (tertiary/aromatic N) is 1. The Bertz CT molecular complexity index is 414. The van der Waals surface area contributed by atoms with E-state index in [9.17, 15) is 14.4 Å². The minimum atomic E-state index is -1.16. The summed E-state index contributed by atoms with van der Waals surface area (Å²) in [6.45, 7) is 3.47. The van der Waals surface area contributed by atoms with Crippen LogP contribution in [0.25, 0.3) is 0 Å². The molecule has 18 heavy (non-hydrogen) atoms. The molecule has 2 rings (SSSR count). The van der Waals surface area contributed by atoms with Crippen molar-refractivity contribution < 1.29 is 19.5 Å². The summed E-state index contributed by atoms with van der Waals surface area (Å²) in [7, 11) is 0. The number of carbonyl (C=O) groups excluding carboxylic acids is 2. The molecule has 1 N–H and O–H groups in total. The van der Waals surface area contributed by atoms with Crippen molar-refractivity contribution in [2.24, 2.45) is 11.8 Å². The SMILES string of the molecule is C=CCC(C(=O)O)N1C(=O)[C@H]2CC=CC[C@H]2C1=O. The normalized spacial score (nSPS) is 28.1. The highest BCUT2D eigenvalue weighted by atomic mass is 16.4. The molecule has 2 aliphatic rings. The minimum Gasteiger partial charge on any atom is -0.480 e.